The highest BCUT2D eigenvalue weighted by Gasteiger charge is 2.07. The summed E-state index contributed by atoms with van der Waals surface area (Å²) in [7, 11) is 0. The maximum atomic E-state index is 12.6. The second-order valence-corrected chi connectivity index (χ2v) is 5.65. The zero-order valence-electron chi connectivity index (χ0n) is 8.27. The minimum absolute atomic E-state index is 0.183. The Labute approximate surface area is 105 Å². The number of hydrogen-bond acceptors (Lipinski definition) is 0. The molecule has 0 heterocycles. The van der Waals surface area contributed by atoms with Gasteiger partial charge in [0.1, 0.15) is 5.82 Å². The molecule has 3 heteroatoms. The normalized spacial score (nSPS) is 9.47. The molecule has 0 nitrogen and oxygen atoms in total. The van der Waals surface area contributed by atoms with Gasteiger partial charge in [0.2, 0.25) is 3.57 Å². The number of alkyl halides is 1. The van der Waals surface area contributed by atoms with Crippen molar-refractivity contribution in [3.63, 3.8) is 0 Å². The molecule has 1 aromatic carbocycles. The van der Waals surface area contributed by atoms with Gasteiger partial charge in [0.05, 0.1) is 0 Å². The molecule has 80 valence electrons. The van der Waals surface area contributed by atoms with Crippen molar-refractivity contribution in [2.45, 2.75) is 19.3 Å². The van der Waals surface area contributed by atoms with Gasteiger partial charge in [-0.05, 0) is 43.0 Å². The van der Waals surface area contributed by atoms with Crippen molar-refractivity contribution in [3.05, 3.63) is 33.7 Å². The van der Waals surface area contributed by atoms with Crippen molar-refractivity contribution in [2.24, 2.45) is 0 Å². The molecule has 0 aliphatic carbocycles. The van der Waals surface area contributed by atoms with Crippen LogP contribution in [0.1, 0.15) is 19.3 Å². The van der Waals surface area contributed by atoms with Gasteiger partial charge in [-0.2, -0.15) is 0 Å². The van der Waals surface area contributed by atoms with E-state index in [-0.39, 0.29) is 27.0 Å². The monoisotopic (exact) mass is 337 g/mol. The van der Waals surface area contributed by atoms with E-state index in [1.54, 1.807) is 0 Å². The second-order valence-electron chi connectivity index (χ2n) is 2.95. The number of rotatable bonds is 4. The Morgan fingerprint density at radius 3 is 2.60 bits per heavy atom. The Kier molecular flexibility index (Phi) is 6.78. The Bertz CT molecular complexity index is 337. The van der Waals surface area contributed by atoms with Crippen LogP contribution in [0.15, 0.2) is 24.3 Å². The van der Waals surface area contributed by atoms with Crippen LogP contribution in [-0.2, 0) is 0 Å². The smallest absolute Gasteiger partial charge is 0.207 e. The summed E-state index contributed by atoms with van der Waals surface area (Å²) in [6, 6.07) is 6.61. The summed E-state index contributed by atoms with van der Waals surface area (Å²) in [6.07, 6.45) is 3.03. The molecule has 0 bridgehead atoms. The first-order valence-corrected chi connectivity index (χ1v) is 7.45. The van der Waals surface area contributed by atoms with E-state index in [1.807, 2.05) is 12.1 Å². The summed E-state index contributed by atoms with van der Waals surface area (Å²) >= 11 is 5.28. The predicted octanol–water partition coefficient (Wildman–Crippen LogP) is 0.454. The molecule has 0 unspecified atom stereocenters. The summed E-state index contributed by atoms with van der Waals surface area (Å²) in [6.45, 7) is 0. The Hall–Kier alpha value is -0.270. The summed E-state index contributed by atoms with van der Waals surface area (Å²) in [5, 5.41) is 0. The molecule has 0 spiro atoms. The summed E-state index contributed by atoms with van der Waals surface area (Å²) in [5.74, 6) is 3.66. The van der Waals surface area contributed by atoms with Gasteiger partial charge in [-0.25, -0.2) is 4.39 Å². The zero-order valence-corrected chi connectivity index (χ0v) is 11.2. The standard InChI is InChI=1S/C12H12ClFI/c13-9-3-1-2-4-10-15-12-7-5-11(14)6-8-12/h5-8H,1-3,9H2/q+1. The maximum absolute atomic E-state index is 12.6. The number of unbranched alkanes of at least 4 members (excludes halogenated alkanes) is 2. The molecule has 0 fully saturated rings. The van der Waals surface area contributed by atoms with Gasteiger partial charge in [-0.15, -0.1) is 11.6 Å². The SMILES string of the molecule is Fc1ccc([I+]C#CCCCCCl)cc1. The fraction of sp³-hybridized carbons (Fsp3) is 0.333. The van der Waals surface area contributed by atoms with Crippen LogP contribution in [0.3, 0.4) is 0 Å². The summed E-state index contributed by atoms with van der Waals surface area (Å²) in [4.78, 5) is 0. The van der Waals surface area contributed by atoms with Crippen LogP contribution in [0.5, 0.6) is 0 Å². The molecule has 0 amide bonds. The van der Waals surface area contributed by atoms with Crippen LogP contribution in [-0.4, -0.2) is 5.88 Å². The Morgan fingerprint density at radius 1 is 1.20 bits per heavy atom. The highest BCUT2D eigenvalue weighted by Crippen LogP contribution is 1.94. The van der Waals surface area contributed by atoms with E-state index in [4.69, 9.17) is 11.6 Å². The van der Waals surface area contributed by atoms with Crippen molar-refractivity contribution in [1.29, 1.82) is 0 Å². The number of halogens is 3. The first kappa shape index (κ1) is 12.8. The Balaban J connectivity index is 2.27. The molecule has 0 aromatic heterocycles. The van der Waals surface area contributed by atoms with Gasteiger partial charge in [-0.3, -0.25) is 0 Å². The molecule has 0 atom stereocenters. The van der Waals surface area contributed by atoms with Gasteiger partial charge in [0.25, 0.3) is 0 Å². The molecule has 0 N–H and O–H groups in total. The van der Waals surface area contributed by atoms with Crippen molar-refractivity contribution in [3.8, 4) is 9.85 Å². The highest BCUT2D eigenvalue weighted by molar-refractivity contribution is 6.17. The van der Waals surface area contributed by atoms with Crippen LogP contribution >= 0.6 is 11.6 Å². The molecule has 0 saturated carbocycles. The van der Waals surface area contributed by atoms with Gasteiger partial charge in [0.15, 0.2) is 3.93 Å². The lowest BCUT2D eigenvalue weighted by molar-refractivity contribution is -0.535. The molecular weight excluding hydrogens is 325 g/mol. The molecule has 0 aliphatic rings. The molecule has 0 saturated heterocycles. The lowest BCUT2D eigenvalue weighted by atomic mass is 10.3. The average Bonchev–Trinajstić information content (AvgIpc) is 2.26. The molecule has 1 aromatic rings. The van der Waals surface area contributed by atoms with Crippen molar-refractivity contribution in [2.75, 3.05) is 5.88 Å². The first-order valence-electron chi connectivity index (χ1n) is 4.76. The maximum Gasteiger partial charge on any atom is 0.419 e. The molecule has 0 radical (unpaired) electrons. The van der Waals surface area contributed by atoms with Crippen LogP contribution in [0.2, 0.25) is 0 Å². The third-order valence-electron chi connectivity index (χ3n) is 1.71. The van der Waals surface area contributed by atoms with Crippen LogP contribution in [0.25, 0.3) is 0 Å². The lowest BCUT2D eigenvalue weighted by Crippen LogP contribution is -3.59. The Morgan fingerprint density at radius 2 is 1.93 bits per heavy atom. The van der Waals surface area contributed by atoms with Crippen molar-refractivity contribution >= 4 is 11.6 Å². The van der Waals surface area contributed by atoms with Crippen molar-refractivity contribution < 1.29 is 25.6 Å². The van der Waals surface area contributed by atoms with E-state index in [0.29, 0.717) is 5.88 Å². The quantitative estimate of drug-likeness (QED) is 0.324. The fourth-order valence-electron chi connectivity index (χ4n) is 0.936. The van der Waals surface area contributed by atoms with Crippen molar-refractivity contribution in [1.82, 2.24) is 0 Å². The van der Waals surface area contributed by atoms with Gasteiger partial charge in [-0.1, -0.05) is 0 Å². The molecule has 0 aliphatic heterocycles. The van der Waals surface area contributed by atoms with Crippen LogP contribution < -0.4 is 21.2 Å². The molecule has 15 heavy (non-hydrogen) atoms. The average molecular weight is 338 g/mol. The third-order valence-corrected chi connectivity index (χ3v) is 3.97. The largest absolute Gasteiger partial charge is 0.419 e. The summed E-state index contributed by atoms with van der Waals surface area (Å²) < 4.78 is 16.9. The minimum atomic E-state index is -0.269. The van der Waals surface area contributed by atoms with Gasteiger partial charge < -0.3 is 0 Å². The van der Waals surface area contributed by atoms with Gasteiger partial charge >= 0.3 is 21.2 Å². The van der Waals surface area contributed by atoms with Crippen LogP contribution in [0, 0.1) is 19.2 Å². The van der Waals surface area contributed by atoms with E-state index in [1.165, 1.54) is 15.7 Å². The predicted molar refractivity (Wildman–Crippen MR) is 57.4 cm³/mol. The van der Waals surface area contributed by atoms with E-state index in [0.717, 1.165) is 19.3 Å². The minimum Gasteiger partial charge on any atom is -0.207 e. The third kappa shape index (κ3) is 6.01. The second kappa shape index (κ2) is 7.95. The fourth-order valence-corrected chi connectivity index (χ4v) is 2.62. The number of benzene rings is 1. The molecule has 1 rings (SSSR count). The summed E-state index contributed by atoms with van der Waals surface area (Å²) in [5.41, 5.74) is 0. The van der Waals surface area contributed by atoms with E-state index in [2.05, 4.69) is 9.85 Å². The highest BCUT2D eigenvalue weighted by atomic mass is 127. The van der Waals surface area contributed by atoms with E-state index < -0.39 is 0 Å². The van der Waals surface area contributed by atoms with Gasteiger partial charge in [0, 0.05) is 12.3 Å². The zero-order chi connectivity index (χ0) is 10.9. The van der Waals surface area contributed by atoms with E-state index in [9.17, 15) is 4.39 Å². The first-order chi connectivity index (χ1) is 7.33. The van der Waals surface area contributed by atoms with Crippen LogP contribution in [0.4, 0.5) is 4.39 Å². The lowest BCUT2D eigenvalue weighted by Gasteiger charge is -1.85. The topological polar surface area (TPSA) is 0 Å². The number of hydrogen-bond donors (Lipinski definition) is 0. The molecular formula is C12H12ClFI+. The van der Waals surface area contributed by atoms with E-state index >= 15 is 0 Å².